The van der Waals surface area contributed by atoms with Gasteiger partial charge >= 0.3 is 0 Å². The summed E-state index contributed by atoms with van der Waals surface area (Å²) in [7, 11) is 0. The van der Waals surface area contributed by atoms with E-state index in [0.717, 1.165) is 11.2 Å². The van der Waals surface area contributed by atoms with Gasteiger partial charge in [0, 0.05) is 6.54 Å². The highest BCUT2D eigenvalue weighted by Crippen LogP contribution is 1.98. The third kappa shape index (κ3) is 2.49. The number of nitrogens with two attached hydrogens (primary N) is 2. The minimum Gasteiger partial charge on any atom is -0.289 e. The fraction of sp³-hybridized carbons (Fsp3) is 0.250. The molecule has 5 N–H and O–H groups in total. The summed E-state index contributed by atoms with van der Waals surface area (Å²) in [6.07, 6.45) is 2.32. The Kier molecular flexibility index (Phi) is 3.86. The van der Waals surface area contributed by atoms with Gasteiger partial charge < -0.3 is 0 Å². The highest BCUT2D eigenvalue weighted by atomic mass is 16.2. The number of nitrogens with zero attached hydrogens (tertiary/aromatic N) is 3. The highest BCUT2D eigenvalue weighted by Gasteiger charge is 2.14. The maximum absolute atomic E-state index is 11.5. The molecule has 1 aromatic heterocycles. The predicted molar refractivity (Wildman–Crippen MR) is 54.6 cm³/mol. The Labute approximate surface area is 91.6 Å². The molecule has 86 valence electrons. The molecule has 0 fully saturated rings. The fourth-order valence-electron chi connectivity index (χ4n) is 0.920. The van der Waals surface area contributed by atoms with Crippen LogP contribution < -0.4 is 17.1 Å². The van der Waals surface area contributed by atoms with Gasteiger partial charge in [-0.2, -0.15) is 0 Å². The van der Waals surface area contributed by atoms with Crippen molar-refractivity contribution in [2.75, 3.05) is 6.54 Å². The molecule has 2 amide bonds. The Balaban J connectivity index is 2.87. The van der Waals surface area contributed by atoms with Crippen molar-refractivity contribution >= 4 is 11.8 Å². The van der Waals surface area contributed by atoms with E-state index in [-0.39, 0.29) is 11.4 Å². The number of amides is 2. The Bertz CT molecular complexity index is 390. The first-order valence-corrected chi connectivity index (χ1v) is 4.49. The molecule has 0 saturated heterocycles. The number of carbonyl (C=O) groups is 2. The van der Waals surface area contributed by atoms with E-state index in [2.05, 4.69) is 9.97 Å². The molecule has 0 saturated carbocycles. The van der Waals surface area contributed by atoms with Crippen LogP contribution in [0.1, 0.15) is 27.9 Å². The molecule has 16 heavy (non-hydrogen) atoms. The smallest absolute Gasteiger partial charge is 0.287 e. The topological polar surface area (TPSA) is 127 Å². The van der Waals surface area contributed by atoms with E-state index in [9.17, 15) is 9.59 Å². The molecule has 0 aliphatic carbocycles. The van der Waals surface area contributed by atoms with Crippen LogP contribution in [0.15, 0.2) is 12.4 Å². The molecule has 0 aliphatic rings. The van der Waals surface area contributed by atoms with E-state index in [4.69, 9.17) is 11.7 Å². The van der Waals surface area contributed by atoms with Gasteiger partial charge in [-0.25, -0.2) is 21.7 Å². The molecule has 0 radical (unpaired) electrons. The van der Waals surface area contributed by atoms with E-state index >= 15 is 0 Å². The van der Waals surface area contributed by atoms with Crippen LogP contribution in [0.25, 0.3) is 0 Å². The monoisotopic (exact) mass is 224 g/mol. The predicted octanol–water partition coefficient (Wildman–Crippen LogP) is -1.58. The molecule has 1 aromatic rings. The fourth-order valence-corrected chi connectivity index (χ4v) is 0.920. The minimum absolute atomic E-state index is 0.0270. The van der Waals surface area contributed by atoms with E-state index in [1.165, 1.54) is 6.20 Å². The van der Waals surface area contributed by atoms with E-state index in [0.29, 0.717) is 6.54 Å². The van der Waals surface area contributed by atoms with Gasteiger partial charge in [0.1, 0.15) is 11.4 Å². The van der Waals surface area contributed by atoms with Crippen LogP contribution in [0.5, 0.6) is 0 Å². The number of carbonyl (C=O) groups excluding carboxylic acids is 2. The maximum Gasteiger partial charge on any atom is 0.287 e. The third-order valence-corrected chi connectivity index (χ3v) is 1.84. The molecule has 0 unspecified atom stereocenters. The number of nitrogen functional groups attached to an aromatic ring is 1. The molecule has 1 rings (SSSR count). The lowest BCUT2D eigenvalue weighted by molar-refractivity contribution is 0.0757. The third-order valence-electron chi connectivity index (χ3n) is 1.84. The first-order valence-electron chi connectivity index (χ1n) is 4.49. The molecule has 8 heteroatoms. The summed E-state index contributed by atoms with van der Waals surface area (Å²) in [5, 5.41) is 0.993. The van der Waals surface area contributed by atoms with Crippen molar-refractivity contribution in [3.05, 3.63) is 23.8 Å². The summed E-state index contributed by atoms with van der Waals surface area (Å²) in [5.41, 5.74) is 2.00. The summed E-state index contributed by atoms with van der Waals surface area (Å²) in [6.45, 7) is 2.08. The second-order valence-corrected chi connectivity index (χ2v) is 2.85. The van der Waals surface area contributed by atoms with Crippen LogP contribution in [0, 0.1) is 0 Å². The molecule has 0 atom stereocenters. The average Bonchev–Trinajstić information content (AvgIpc) is 2.36. The molecule has 0 spiro atoms. The molecule has 1 heterocycles. The molecular formula is C8H12N6O2. The van der Waals surface area contributed by atoms with Gasteiger partial charge in [0.25, 0.3) is 11.8 Å². The number of hydrazine groups is 2. The zero-order valence-electron chi connectivity index (χ0n) is 8.67. The molecule has 0 aromatic carbocycles. The first-order chi connectivity index (χ1) is 7.60. The van der Waals surface area contributed by atoms with Crippen LogP contribution in [-0.2, 0) is 0 Å². The Morgan fingerprint density at radius 3 is 2.38 bits per heavy atom. The van der Waals surface area contributed by atoms with Crippen LogP contribution in [0.3, 0.4) is 0 Å². The minimum atomic E-state index is -0.577. The van der Waals surface area contributed by atoms with Gasteiger partial charge in [0.15, 0.2) is 0 Å². The second kappa shape index (κ2) is 5.14. The summed E-state index contributed by atoms with van der Waals surface area (Å²) in [4.78, 5) is 30.0. The summed E-state index contributed by atoms with van der Waals surface area (Å²) < 4.78 is 0. The summed E-state index contributed by atoms with van der Waals surface area (Å²) >= 11 is 0. The Hall–Kier alpha value is -2.06. The first kappa shape index (κ1) is 12.0. The van der Waals surface area contributed by atoms with E-state index < -0.39 is 11.8 Å². The van der Waals surface area contributed by atoms with Crippen molar-refractivity contribution in [2.24, 2.45) is 11.7 Å². The van der Waals surface area contributed by atoms with Gasteiger partial charge in [-0.1, -0.05) is 0 Å². The van der Waals surface area contributed by atoms with Crippen molar-refractivity contribution in [1.29, 1.82) is 0 Å². The van der Waals surface area contributed by atoms with Crippen molar-refractivity contribution < 1.29 is 9.59 Å². The van der Waals surface area contributed by atoms with Crippen molar-refractivity contribution in [2.45, 2.75) is 6.92 Å². The van der Waals surface area contributed by atoms with E-state index in [1.807, 2.05) is 5.43 Å². The zero-order valence-corrected chi connectivity index (χ0v) is 8.67. The van der Waals surface area contributed by atoms with Gasteiger partial charge in [-0.05, 0) is 6.92 Å². The van der Waals surface area contributed by atoms with Crippen LogP contribution in [0.4, 0.5) is 0 Å². The van der Waals surface area contributed by atoms with Crippen LogP contribution in [-0.4, -0.2) is 33.3 Å². The summed E-state index contributed by atoms with van der Waals surface area (Å²) in [6, 6.07) is 0. The zero-order chi connectivity index (χ0) is 12.1. The SMILES string of the molecule is CCN(N)C(=O)c1cnc(C(=O)NN)cn1. The summed E-state index contributed by atoms with van der Waals surface area (Å²) in [5.74, 6) is 9.26. The lowest BCUT2D eigenvalue weighted by atomic mass is 10.3. The van der Waals surface area contributed by atoms with Crippen LogP contribution in [0.2, 0.25) is 0 Å². The molecule has 8 nitrogen and oxygen atoms in total. The van der Waals surface area contributed by atoms with Gasteiger partial charge in [-0.15, -0.1) is 0 Å². The quantitative estimate of drug-likeness (QED) is 0.323. The second-order valence-electron chi connectivity index (χ2n) is 2.85. The standard InChI is InChI=1S/C8H12N6O2/c1-2-14(10)8(16)6-4-11-5(3-12-6)7(15)13-9/h3-4H,2,9-10H2,1H3,(H,13,15). The Morgan fingerprint density at radius 2 is 1.94 bits per heavy atom. The van der Waals surface area contributed by atoms with E-state index in [1.54, 1.807) is 6.92 Å². The number of hydrogen-bond acceptors (Lipinski definition) is 6. The van der Waals surface area contributed by atoms with Crippen molar-refractivity contribution in [3.8, 4) is 0 Å². The molecular weight excluding hydrogens is 212 g/mol. The number of hydrogen-bond donors (Lipinski definition) is 3. The lowest BCUT2D eigenvalue weighted by Crippen LogP contribution is -2.37. The lowest BCUT2D eigenvalue weighted by Gasteiger charge is -2.12. The van der Waals surface area contributed by atoms with Gasteiger partial charge in [0.2, 0.25) is 0 Å². The average molecular weight is 224 g/mol. The normalized spacial score (nSPS) is 9.69. The molecule has 0 bridgehead atoms. The largest absolute Gasteiger partial charge is 0.289 e. The Morgan fingerprint density at radius 1 is 1.38 bits per heavy atom. The van der Waals surface area contributed by atoms with Gasteiger partial charge in [0.05, 0.1) is 12.4 Å². The number of rotatable bonds is 3. The van der Waals surface area contributed by atoms with Crippen molar-refractivity contribution in [3.63, 3.8) is 0 Å². The number of nitrogens with one attached hydrogen (secondary N) is 1. The molecule has 0 aliphatic heterocycles. The highest BCUT2D eigenvalue weighted by molar-refractivity contribution is 5.93. The van der Waals surface area contributed by atoms with Gasteiger partial charge in [-0.3, -0.25) is 20.0 Å². The maximum atomic E-state index is 11.5. The van der Waals surface area contributed by atoms with Crippen molar-refractivity contribution in [1.82, 2.24) is 20.4 Å². The van der Waals surface area contributed by atoms with Crippen LogP contribution >= 0.6 is 0 Å². The number of aromatic nitrogens is 2.